The molecular formula is C13H16N4O. The number of rotatable bonds is 3. The fraction of sp³-hybridized carbons (Fsp3) is 0.462. The molecular weight excluding hydrogens is 228 g/mol. The Balaban J connectivity index is 1.94. The van der Waals surface area contributed by atoms with Crippen LogP contribution in [0.15, 0.2) is 34.6 Å². The average Bonchev–Trinajstić information content (AvgIpc) is 2.46. The standard InChI is InChI=1S/C13H16N4O/c14-10-11-6-8-12(9-7-11)15-16-17(18)13-4-2-1-3-5-13/h6-9,13,18H,1-5H2. The predicted octanol–water partition coefficient (Wildman–Crippen LogP) is 3.58. The van der Waals surface area contributed by atoms with Crippen LogP contribution in [0, 0.1) is 11.3 Å². The van der Waals surface area contributed by atoms with Crippen LogP contribution in [0.4, 0.5) is 5.69 Å². The smallest absolute Gasteiger partial charge is 0.0991 e. The molecule has 1 fully saturated rings. The molecule has 18 heavy (non-hydrogen) atoms. The number of hydrogen-bond donors (Lipinski definition) is 1. The van der Waals surface area contributed by atoms with Gasteiger partial charge in [-0.3, -0.25) is 5.21 Å². The van der Waals surface area contributed by atoms with E-state index in [2.05, 4.69) is 10.3 Å². The number of benzene rings is 1. The van der Waals surface area contributed by atoms with Crippen LogP contribution in [0.25, 0.3) is 0 Å². The third kappa shape index (κ3) is 3.28. The molecule has 1 N–H and O–H groups in total. The first-order valence-corrected chi connectivity index (χ1v) is 6.19. The first-order valence-electron chi connectivity index (χ1n) is 6.19. The number of nitrogens with zero attached hydrogens (tertiary/aromatic N) is 4. The predicted molar refractivity (Wildman–Crippen MR) is 66.2 cm³/mol. The van der Waals surface area contributed by atoms with Crippen molar-refractivity contribution in [2.75, 3.05) is 0 Å². The number of nitriles is 1. The number of hydroxylamine groups is 1. The van der Waals surface area contributed by atoms with Crippen LogP contribution in [0.5, 0.6) is 0 Å². The lowest BCUT2D eigenvalue weighted by atomic mass is 9.96. The summed E-state index contributed by atoms with van der Waals surface area (Å²) >= 11 is 0. The van der Waals surface area contributed by atoms with Crippen molar-refractivity contribution in [1.82, 2.24) is 5.17 Å². The van der Waals surface area contributed by atoms with Crippen molar-refractivity contribution in [1.29, 1.82) is 5.26 Å². The molecule has 5 nitrogen and oxygen atoms in total. The van der Waals surface area contributed by atoms with Crippen molar-refractivity contribution in [3.63, 3.8) is 0 Å². The van der Waals surface area contributed by atoms with E-state index in [-0.39, 0.29) is 6.04 Å². The molecule has 2 rings (SSSR count). The van der Waals surface area contributed by atoms with E-state index in [1.54, 1.807) is 24.3 Å². The lowest BCUT2D eigenvalue weighted by Crippen LogP contribution is -2.29. The van der Waals surface area contributed by atoms with Gasteiger partial charge >= 0.3 is 0 Å². The van der Waals surface area contributed by atoms with Crippen molar-refractivity contribution in [2.45, 2.75) is 38.1 Å². The van der Waals surface area contributed by atoms with E-state index in [0.717, 1.165) is 30.9 Å². The summed E-state index contributed by atoms with van der Waals surface area (Å²) in [4.78, 5) is 0. The Hall–Kier alpha value is -1.93. The van der Waals surface area contributed by atoms with Crippen molar-refractivity contribution >= 4 is 5.69 Å². The van der Waals surface area contributed by atoms with Crippen LogP contribution in [-0.2, 0) is 0 Å². The minimum absolute atomic E-state index is 0.0841. The summed E-state index contributed by atoms with van der Waals surface area (Å²) in [5, 5.41) is 27.1. The highest BCUT2D eigenvalue weighted by atomic mass is 16.5. The Morgan fingerprint density at radius 1 is 1.17 bits per heavy atom. The zero-order valence-corrected chi connectivity index (χ0v) is 10.2. The van der Waals surface area contributed by atoms with Gasteiger partial charge in [0, 0.05) is 0 Å². The maximum absolute atomic E-state index is 9.76. The number of hydrogen-bond acceptors (Lipinski definition) is 4. The first kappa shape index (κ1) is 12.5. The summed E-state index contributed by atoms with van der Waals surface area (Å²) in [5.74, 6) is 0. The fourth-order valence-electron chi connectivity index (χ4n) is 2.09. The highest BCUT2D eigenvalue weighted by Crippen LogP contribution is 2.22. The van der Waals surface area contributed by atoms with Gasteiger partial charge in [0.2, 0.25) is 0 Å². The molecule has 1 aliphatic carbocycles. The van der Waals surface area contributed by atoms with Gasteiger partial charge in [0.15, 0.2) is 0 Å². The molecule has 0 amide bonds. The average molecular weight is 244 g/mol. The van der Waals surface area contributed by atoms with Gasteiger partial charge in [0.1, 0.15) is 0 Å². The van der Waals surface area contributed by atoms with E-state index in [9.17, 15) is 5.21 Å². The highest BCUT2D eigenvalue weighted by molar-refractivity contribution is 5.41. The normalized spacial score (nSPS) is 16.7. The van der Waals surface area contributed by atoms with Crippen LogP contribution >= 0.6 is 0 Å². The van der Waals surface area contributed by atoms with Gasteiger partial charge in [-0.2, -0.15) is 10.4 Å². The highest BCUT2D eigenvalue weighted by Gasteiger charge is 2.18. The van der Waals surface area contributed by atoms with E-state index in [1.165, 1.54) is 6.42 Å². The Morgan fingerprint density at radius 3 is 2.44 bits per heavy atom. The van der Waals surface area contributed by atoms with E-state index < -0.39 is 0 Å². The second-order valence-electron chi connectivity index (χ2n) is 4.46. The first-order chi connectivity index (χ1) is 8.79. The zero-order valence-electron chi connectivity index (χ0n) is 10.2. The Morgan fingerprint density at radius 2 is 1.83 bits per heavy atom. The van der Waals surface area contributed by atoms with Gasteiger partial charge < -0.3 is 0 Å². The molecule has 1 aromatic carbocycles. The van der Waals surface area contributed by atoms with Gasteiger partial charge in [-0.15, -0.1) is 5.11 Å². The third-order valence-electron chi connectivity index (χ3n) is 3.15. The largest absolute Gasteiger partial charge is 0.270 e. The molecule has 1 aliphatic rings. The van der Waals surface area contributed by atoms with Gasteiger partial charge in [-0.1, -0.05) is 19.3 Å². The van der Waals surface area contributed by atoms with Crippen LogP contribution in [0.2, 0.25) is 0 Å². The van der Waals surface area contributed by atoms with E-state index in [1.807, 2.05) is 6.07 Å². The summed E-state index contributed by atoms with van der Waals surface area (Å²) in [6.45, 7) is 0. The van der Waals surface area contributed by atoms with E-state index >= 15 is 0 Å². The molecule has 5 heteroatoms. The summed E-state index contributed by atoms with van der Waals surface area (Å²) in [6, 6.07) is 8.89. The van der Waals surface area contributed by atoms with Crippen molar-refractivity contribution in [3.8, 4) is 6.07 Å². The van der Waals surface area contributed by atoms with Gasteiger partial charge in [0.25, 0.3) is 0 Å². The molecule has 0 radical (unpaired) electrons. The summed E-state index contributed by atoms with van der Waals surface area (Å²) in [7, 11) is 0. The molecule has 0 aromatic heterocycles. The molecule has 0 heterocycles. The van der Waals surface area contributed by atoms with Gasteiger partial charge in [-0.05, 0) is 42.3 Å². The van der Waals surface area contributed by atoms with Gasteiger partial charge in [-0.25, -0.2) is 0 Å². The van der Waals surface area contributed by atoms with Crippen LogP contribution in [-0.4, -0.2) is 16.4 Å². The molecule has 94 valence electrons. The molecule has 0 bridgehead atoms. The maximum Gasteiger partial charge on any atom is 0.0991 e. The SMILES string of the molecule is N#Cc1ccc(N=NN(O)C2CCCCC2)cc1. The van der Waals surface area contributed by atoms with Crippen molar-refractivity contribution in [3.05, 3.63) is 29.8 Å². The Kier molecular flexibility index (Phi) is 4.26. The molecule has 0 spiro atoms. The van der Waals surface area contributed by atoms with Crippen molar-refractivity contribution in [2.24, 2.45) is 10.3 Å². The lowest BCUT2D eigenvalue weighted by molar-refractivity contribution is -0.140. The summed E-state index contributed by atoms with van der Waals surface area (Å²) in [5.41, 5.74) is 1.21. The topological polar surface area (TPSA) is 72.0 Å². The Bertz CT molecular complexity index is 443. The fourth-order valence-corrected chi connectivity index (χ4v) is 2.09. The van der Waals surface area contributed by atoms with Crippen LogP contribution in [0.3, 0.4) is 0 Å². The second-order valence-corrected chi connectivity index (χ2v) is 4.46. The zero-order chi connectivity index (χ0) is 12.8. The third-order valence-corrected chi connectivity index (χ3v) is 3.15. The Labute approximate surface area is 106 Å². The van der Waals surface area contributed by atoms with Crippen molar-refractivity contribution < 1.29 is 5.21 Å². The molecule has 1 aromatic rings. The quantitative estimate of drug-likeness (QED) is 0.652. The molecule has 0 saturated heterocycles. The van der Waals surface area contributed by atoms with Crippen LogP contribution < -0.4 is 0 Å². The molecule has 1 saturated carbocycles. The molecule has 0 aliphatic heterocycles. The monoisotopic (exact) mass is 244 g/mol. The minimum atomic E-state index is 0.0841. The lowest BCUT2D eigenvalue weighted by Gasteiger charge is -2.25. The minimum Gasteiger partial charge on any atom is -0.270 e. The van der Waals surface area contributed by atoms with Crippen LogP contribution in [0.1, 0.15) is 37.7 Å². The molecule has 0 atom stereocenters. The maximum atomic E-state index is 9.76. The molecule has 0 unspecified atom stereocenters. The van der Waals surface area contributed by atoms with Gasteiger partial charge in [0.05, 0.1) is 23.4 Å². The van der Waals surface area contributed by atoms with E-state index in [0.29, 0.717) is 11.3 Å². The summed E-state index contributed by atoms with van der Waals surface area (Å²) < 4.78 is 0. The summed E-state index contributed by atoms with van der Waals surface area (Å²) in [6.07, 6.45) is 5.42. The van der Waals surface area contributed by atoms with E-state index in [4.69, 9.17) is 5.26 Å². The second kappa shape index (κ2) is 6.12.